The molecule has 1 unspecified atom stereocenters. The Kier molecular flexibility index (Phi) is 4.57. The van der Waals surface area contributed by atoms with Crippen molar-refractivity contribution in [2.75, 3.05) is 33.2 Å². The van der Waals surface area contributed by atoms with Crippen LogP contribution in [0, 0.1) is 12.8 Å². The molecule has 2 rings (SSSR count). The lowest BCUT2D eigenvalue weighted by molar-refractivity contribution is 0.236. The van der Waals surface area contributed by atoms with E-state index >= 15 is 0 Å². The highest BCUT2D eigenvalue weighted by Crippen LogP contribution is 2.10. The van der Waals surface area contributed by atoms with Crippen LogP contribution >= 0.6 is 0 Å². The van der Waals surface area contributed by atoms with Gasteiger partial charge in [-0.25, -0.2) is 4.98 Å². The second-order valence-electron chi connectivity index (χ2n) is 5.14. The van der Waals surface area contributed by atoms with Crippen LogP contribution in [0.4, 0.5) is 0 Å². The summed E-state index contributed by atoms with van der Waals surface area (Å²) >= 11 is 0. The number of piperidine rings is 1. The van der Waals surface area contributed by atoms with Crippen LogP contribution in [0.1, 0.15) is 18.7 Å². The maximum Gasteiger partial charge on any atom is 0.105 e. The van der Waals surface area contributed by atoms with Crippen LogP contribution in [0.2, 0.25) is 0 Å². The summed E-state index contributed by atoms with van der Waals surface area (Å²) in [6, 6.07) is 0. The molecule has 96 valence electrons. The van der Waals surface area contributed by atoms with Gasteiger partial charge in [-0.1, -0.05) is 0 Å². The van der Waals surface area contributed by atoms with E-state index in [9.17, 15) is 0 Å². The number of aromatic nitrogens is 2. The van der Waals surface area contributed by atoms with Crippen LogP contribution in [-0.4, -0.2) is 47.7 Å². The number of nitrogens with one attached hydrogen (secondary N) is 1. The molecule has 1 aromatic rings. The maximum absolute atomic E-state index is 4.24. The zero-order valence-electron chi connectivity index (χ0n) is 11.0. The first kappa shape index (κ1) is 12.6. The highest BCUT2D eigenvalue weighted by Gasteiger charge is 2.14. The molecular formula is C13H24N4. The van der Waals surface area contributed by atoms with Gasteiger partial charge in [0, 0.05) is 32.0 Å². The summed E-state index contributed by atoms with van der Waals surface area (Å²) in [6.07, 6.45) is 6.65. The minimum absolute atomic E-state index is 0.831. The van der Waals surface area contributed by atoms with E-state index in [0.29, 0.717) is 0 Å². The van der Waals surface area contributed by atoms with E-state index in [0.717, 1.165) is 24.8 Å². The third kappa shape index (κ3) is 3.82. The van der Waals surface area contributed by atoms with Crippen molar-refractivity contribution in [1.29, 1.82) is 0 Å². The lowest BCUT2D eigenvalue weighted by Crippen LogP contribution is -2.37. The Morgan fingerprint density at radius 1 is 1.59 bits per heavy atom. The number of aryl methyl sites for hydroxylation is 1. The number of hydrogen-bond acceptors (Lipinski definition) is 3. The van der Waals surface area contributed by atoms with E-state index in [4.69, 9.17) is 0 Å². The van der Waals surface area contributed by atoms with Crippen LogP contribution in [0.5, 0.6) is 0 Å². The molecule has 0 spiro atoms. The Labute approximate surface area is 104 Å². The second kappa shape index (κ2) is 6.17. The Hall–Kier alpha value is -0.870. The molecule has 1 aliphatic rings. The van der Waals surface area contributed by atoms with Gasteiger partial charge in [0.1, 0.15) is 5.82 Å². The molecule has 0 aliphatic carbocycles. The van der Waals surface area contributed by atoms with Gasteiger partial charge in [0.25, 0.3) is 0 Å². The predicted molar refractivity (Wildman–Crippen MR) is 70.1 cm³/mol. The molecule has 0 amide bonds. The van der Waals surface area contributed by atoms with Gasteiger partial charge in [-0.2, -0.15) is 0 Å². The number of hydrogen-bond donors (Lipinski definition) is 1. The van der Waals surface area contributed by atoms with Crippen LogP contribution in [0.15, 0.2) is 12.4 Å². The van der Waals surface area contributed by atoms with E-state index in [1.807, 2.05) is 6.20 Å². The highest BCUT2D eigenvalue weighted by molar-refractivity contribution is 4.88. The number of nitrogens with zero attached hydrogens (tertiary/aromatic N) is 3. The third-order valence-electron chi connectivity index (χ3n) is 3.62. The van der Waals surface area contributed by atoms with Crippen molar-refractivity contribution < 1.29 is 0 Å². The molecule has 1 aromatic heterocycles. The maximum atomic E-state index is 4.24. The SMILES string of the molecule is Cc1nccn1CCN(C)CC1CCCNC1. The Bertz CT molecular complexity index is 328. The summed E-state index contributed by atoms with van der Waals surface area (Å²) in [5, 5.41) is 3.48. The zero-order valence-corrected chi connectivity index (χ0v) is 11.0. The summed E-state index contributed by atoms with van der Waals surface area (Å²) in [5.41, 5.74) is 0. The fourth-order valence-corrected chi connectivity index (χ4v) is 2.53. The molecule has 1 fully saturated rings. The van der Waals surface area contributed by atoms with Crippen LogP contribution in [0.3, 0.4) is 0 Å². The van der Waals surface area contributed by atoms with Crippen molar-refractivity contribution in [2.24, 2.45) is 5.92 Å². The predicted octanol–water partition coefficient (Wildman–Crippen LogP) is 1.12. The Balaban J connectivity index is 1.70. The quantitative estimate of drug-likeness (QED) is 0.832. The smallest absolute Gasteiger partial charge is 0.105 e. The van der Waals surface area contributed by atoms with Gasteiger partial charge in [-0.05, 0) is 45.8 Å². The summed E-state index contributed by atoms with van der Waals surface area (Å²) in [5.74, 6) is 1.94. The van der Waals surface area contributed by atoms with E-state index < -0.39 is 0 Å². The molecule has 1 aliphatic heterocycles. The van der Waals surface area contributed by atoms with Crippen LogP contribution in [0.25, 0.3) is 0 Å². The monoisotopic (exact) mass is 236 g/mol. The second-order valence-corrected chi connectivity index (χ2v) is 5.14. The number of likely N-dealkylation sites (N-methyl/N-ethyl adjacent to an activating group) is 1. The van der Waals surface area contributed by atoms with E-state index in [2.05, 4.69) is 39.9 Å². The van der Waals surface area contributed by atoms with Crippen molar-refractivity contribution >= 4 is 0 Å². The van der Waals surface area contributed by atoms with Gasteiger partial charge in [0.05, 0.1) is 0 Å². The standard InChI is InChI=1S/C13H24N4/c1-12-15-6-7-17(12)9-8-16(2)11-13-4-3-5-14-10-13/h6-7,13-14H,3-5,8-11H2,1-2H3. The fraction of sp³-hybridized carbons (Fsp3) is 0.769. The largest absolute Gasteiger partial charge is 0.334 e. The Morgan fingerprint density at radius 2 is 2.47 bits per heavy atom. The first-order valence-corrected chi connectivity index (χ1v) is 6.62. The lowest BCUT2D eigenvalue weighted by Gasteiger charge is -2.27. The molecule has 4 heteroatoms. The summed E-state index contributed by atoms with van der Waals surface area (Å²) < 4.78 is 2.22. The van der Waals surface area contributed by atoms with Crippen molar-refractivity contribution in [3.05, 3.63) is 18.2 Å². The molecule has 2 heterocycles. The van der Waals surface area contributed by atoms with Crippen LogP contribution in [-0.2, 0) is 6.54 Å². The molecule has 4 nitrogen and oxygen atoms in total. The van der Waals surface area contributed by atoms with E-state index in [1.54, 1.807) is 0 Å². The Morgan fingerprint density at radius 3 is 3.12 bits per heavy atom. The molecule has 0 saturated carbocycles. The van der Waals surface area contributed by atoms with Crippen molar-refractivity contribution in [2.45, 2.75) is 26.3 Å². The summed E-state index contributed by atoms with van der Waals surface area (Å²) in [6.45, 7) is 7.81. The zero-order chi connectivity index (χ0) is 12.1. The van der Waals surface area contributed by atoms with Crippen molar-refractivity contribution in [3.63, 3.8) is 0 Å². The average molecular weight is 236 g/mol. The highest BCUT2D eigenvalue weighted by atomic mass is 15.1. The topological polar surface area (TPSA) is 33.1 Å². The molecule has 0 radical (unpaired) electrons. The molecule has 1 saturated heterocycles. The third-order valence-corrected chi connectivity index (χ3v) is 3.62. The van der Waals surface area contributed by atoms with Gasteiger partial charge in [-0.3, -0.25) is 0 Å². The normalized spacial score (nSPS) is 21.0. The van der Waals surface area contributed by atoms with Crippen molar-refractivity contribution in [3.8, 4) is 0 Å². The van der Waals surface area contributed by atoms with E-state index in [1.165, 1.54) is 32.5 Å². The van der Waals surface area contributed by atoms with Crippen LogP contribution < -0.4 is 5.32 Å². The molecule has 17 heavy (non-hydrogen) atoms. The van der Waals surface area contributed by atoms with Gasteiger partial charge < -0.3 is 14.8 Å². The fourth-order valence-electron chi connectivity index (χ4n) is 2.53. The van der Waals surface area contributed by atoms with Gasteiger partial charge >= 0.3 is 0 Å². The molecular weight excluding hydrogens is 212 g/mol. The minimum atomic E-state index is 0.831. The first-order valence-electron chi connectivity index (χ1n) is 6.62. The van der Waals surface area contributed by atoms with Crippen molar-refractivity contribution in [1.82, 2.24) is 19.8 Å². The van der Waals surface area contributed by atoms with Gasteiger partial charge in [0.2, 0.25) is 0 Å². The summed E-state index contributed by atoms with van der Waals surface area (Å²) in [7, 11) is 2.22. The minimum Gasteiger partial charge on any atom is -0.334 e. The summed E-state index contributed by atoms with van der Waals surface area (Å²) in [4.78, 5) is 6.69. The molecule has 0 aromatic carbocycles. The van der Waals surface area contributed by atoms with E-state index in [-0.39, 0.29) is 0 Å². The molecule has 1 atom stereocenters. The molecule has 0 bridgehead atoms. The number of rotatable bonds is 5. The molecule has 1 N–H and O–H groups in total. The van der Waals surface area contributed by atoms with Gasteiger partial charge in [-0.15, -0.1) is 0 Å². The van der Waals surface area contributed by atoms with Gasteiger partial charge in [0.15, 0.2) is 0 Å². The number of imidazole rings is 1. The lowest BCUT2D eigenvalue weighted by atomic mass is 9.99. The average Bonchev–Trinajstić information content (AvgIpc) is 2.74. The first-order chi connectivity index (χ1) is 8.25.